The Bertz CT molecular complexity index is 555. The van der Waals surface area contributed by atoms with Crippen LogP contribution in [-0.4, -0.2) is 69.3 Å². The second kappa shape index (κ2) is 10.4. The van der Waals surface area contributed by atoms with Gasteiger partial charge in [0.05, 0.1) is 12.8 Å². The fraction of sp³-hybridized carbons (Fsp3) is 0.619. The average Bonchev–Trinajstić information content (AvgIpc) is 2.69. The Labute approximate surface area is 159 Å². The van der Waals surface area contributed by atoms with Gasteiger partial charge in [0.1, 0.15) is 5.75 Å². The molecule has 0 atom stereocenters. The van der Waals surface area contributed by atoms with E-state index >= 15 is 0 Å². The minimum Gasteiger partial charge on any atom is -0.495 e. The van der Waals surface area contributed by atoms with Crippen LogP contribution in [0.3, 0.4) is 0 Å². The van der Waals surface area contributed by atoms with Gasteiger partial charge in [0, 0.05) is 57.1 Å². The van der Waals surface area contributed by atoms with Gasteiger partial charge in [-0.25, -0.2) is 0 Å². The molecule has 3 rings (SSSR count). The summed E-state index contributed by atoms with van der Waals surface area (Å²) < 4.78 is 5.34. The molecule has 0 radical (unpaired) electrons. The highest BCUT2D eigenvalue weighted by atomic mass is 16.5. The van der Waals surface area contributed by atoms with Crippen LogP contribution in [0.15, 0.2) is 30.4 Å². The molecule has 2 fully saturated rings. The Kier molecular flexibility index (Phi) is 8.26. The number of likely N-dealkylation sites (N-methyl/N-ethyl adjacent to an activating group) is 1. The first-order chi connectivity index (χ1) is 12.6. The number of rotatable bonds is 3. The number of nitrogens with two attached hydrogens (primary N) is 1. The van der Waals surface area contributed by atoms with Crippen molar-refractivity contribution >= 4 is 11.4 Å². The lowest BCUT2D eigenvalue weighted by atomic mass is 10.0. The molecule has 146 valence electrons. The summed E-state index contributed by atoms with van der Waals surface area (Å²) >= 11 is 0. The molecule has 0 spiro atoms. The minimum atomic E-state index is 0.707. The van der Waals surface area contributed by atoms with Gasteiger partial charge in [-0.3, -0.25) is 4.90 Å². The molecule has 0 amide bonds. The first-order valence-corrected chi connectivity index (χ1v) is 9.77. The Morgan fingerprint density at radius 2 is 1.62 bits per heavy atom. The SMILES string of the molecule is C/C=C\C.COc1cc(N2CCC(N3CCN(C)CC3)CC2)ccc1N. The summed E-state index contributed by atoms with van der Waals surface area (Å²) in [6.07, 6.45) is 6.49. The third kappa shape index (κ3) is 5.64. The minimum absolute atomic E-state index is 0.707. The van der Waals surface area contributed by atoms with Crippen molar-refractivity contribution < 1.29 is 4.74 Å². The van der Waals surface area contributed by atoms with E-state index in [2.05, 4.69) is 33.9 Å². The van der Waals surface area contributed by atoms with Crippen molar-refractivity contribution in [3.63, 3.8) is 0 Å². The number of piperidine rings is 1. The third-order valence-electron chi connectivity index (χ3n) is 5.43. The van der Waals surface area contributed by atoms with Gasteiger partial charge in [-0.2, -0.15) is 0 Å². The van der Waals surface area contributed by atoms with Crippen LogP contribution >= 0.6 is 0 Å². The number of nitrogens with zero attached hydrogens (tertiary/aromatic N) is 3. The van der Waals surface area contributed by atoms with Gasteiger partial charge < -0.3 is 20.3 Å². The number of methoxy groups -OCH3 is 1. The van der Waals surface area contributed by atoms with Crippen molar-refractivity contribution in [2.24, 2.45) is 0 Å². The monoisotopic (exact) mass is 360 g/mol. The van der Waals surface area contributed by atoms with Crippen molar-refractivity contribution in [2.45, 2.75) is 32.7 Å². The van der Waals surface area contributed by atoms with E-state index < -0.39 is 0 Å². The molecule has 5 heteroatoms. The molecule has 0 saturated carbocycles. The van der Waals surface area contributed by atoms with E-state index in [1.165, 1.54) is 44.7 Å². The van der Waals surface area contributed by atoms with E-state index in [4.69, 9.17) is 10.5 Å². The first-order valence-electron chi connectivity index (χ1n) is 9.77. The van der Waals surface area contributed by atoms with Crippen molar-refractivity contribution in [3.05, 3.63) is 30.4 Å². The Morgan fingerprint density at radius 1 is 1.00 bits per heavy atom. The molecule has 2 heterocycles. The second-order valence-corrected chi connectivity index (χ2v) is 7.15. The van der Waals surface area contributed by atoms with Crippen molar-refractivity contribution in [3.8, 4) is 5.75 Å². The number of hydrogen-bond acceptors (Lipinski definition) is 5. The van der Waals surface area contributed by atoms with Crippen molar-refractivity contribution in [1.29, 1.82) is 0 Å². The van der Waals surface area contributed by atoms with Gasteiger partial charge in [0.2, 0.25) is 0 Å². The summed E-state index contributed by atoms with van der Waals surface area (Å²) in [5, 5.41) is 0. The summed E-state index contributed by atoms with van der Waals surface area (Å²) in [6, 6.07) is 6.86. The van der Waals surface area contributed by atoms with Crippen LogP contribution in [0, 0.1) is 0 Å². The Balaban J connectivity index is 0.000000552. The maximum Gasteiger partial charge on any atom is 0.143 e. The normalized spacial score (nSPS) is 20.1. The van der Waals surface area contributed by atoms with Gasteiger partial charge in [-0.15, -0.1) is 0 Å². The van der Waals surface area contributed by atoms with Gasteiger partial charge in [0.15, 0.2) is 0 Å². The molecule has 0 unspecified atom stereocenters. The predicted octanol–water partition coefficient (Wildman–Crippen LogP) is 3.08. The quantitative estimate of drug-likeness (QED) is 0.663. The lowest BCUT2D eigenvalue weighted by Gasteiger charge is -2.42. The van der Waals surface area contributed by atoms with Gasteiger partial charge in [-0.05, 0) is 45.9 Å². The largest absolute Gasteiger partial charge is 0.495 e. The molecule has 1 aromatic rings. The van der Waals surface area contributed by atoms with E-state index in [1.807, 2.05) is 32.1 Å². The molecule has 5 nitrogen and oxygen atoms in total. The van der Waals surface area contributed by atoms with Crippen LogP contribution in [-0.2, 0) is 0 Å². The van der Waals surface area contributed by atoms with E-state index in [0.29, 0.717) is 5.69 Å². The standard InChI is InChI=1S/C17H28N4O.C4H8/c1-19-9-11-21(12-10-19)14-5-7-20(8-6-14)15-3-4-16(18)17(13-15)22-2;1-3-4-2/h3-4,13-14H,5-12,18H2,1-2H3;3-4H,1-2H3/b;4-3-. The number of benzene rings is 1. The summed E-state index contributed by atoms with van der Waals surface area (Å²) in [5.74, 6) is 0.777. The lowest BCUT2D eigenvalue weighted by molar-refractivity contribution is 0.0982. The lowest BCUT2D eigenvalue weighted by Crippen LogP contribution is -2.52. The first kappa shape index (κ1) is 20.6. The smallest absolute Gasteiger partial charge is 0.143 e. The highest BCUT2D eigenvalue weighted by molar-refractivity contribution is 5.62. The number of hydrogen-bond donors (Lipinski definition) is 1. The zero-order chi connectivity index (χ0) is 18.9. The maximum absolute atomic E-state index is 5.91. The summed E-state index contributed by atoms with van der Waals surface area (Å²) in [7, 11) is 3.89. The molecule has 0 bridgehead atoms. The molecular weight excluding hydrogens is 324 g/mol. The fourth-order valence-electron chi connectivity index (χ4n) is 3.57. The zero-order valence-corrected chi connectivity index (χ0v) is 16.9. The topological polar surface area (TPSA) is 45.0 Å². The Hall–Kier alpha value is -1.72. The van der Waals surface area contributed by atoms with E-state index in [0.717, 1.165) is 24.9 Å². The van der Waals surface area contributed by atoms with Crippen molar-refractivity contribution in [2.75, 3.05) is 64.1 Å². The van der Waals surface area contributed by atoms with Crippen LogP contribution in [0.5, 0.6) is 5.75 Å². The van der Waals surface area contributed by atoms with Gasteiger partial charge in [-0.1, -0.05) is 12.2 Å². The molecule has 2 N–H and O–H groups in total. The Morgan fingerprint density at radius 3 is 2.15 bits per heavy atom. The van der Waals surface area contributed by atoms with Gasteiger partial charge >= 0.3 is 0 Å². The third-order valence-corrected chi connectivity index (χ3v) is 5.43. The molecule has 2 aliphatic heterocycles. The average molecular weight is 361 g/mol. The van der Waals surface area contributed by atoms with Crippen LogP contribution in [0.1, 0.15) is 26.7 Å². The number of allylic oxidation sites excluding steroid dienone is 2. The van der Waals surface area contributed by atoms with Crippen LogP contribution in [0.25, 0.3) is 0 Å². The highest BCUT2D eigenvalue weighted by Gasteiger charge is 2.26. The number of piperazine rings is 1. The molecule has 1 aromatic carbocycles. The number of anilines is 2. The second-order valence-electron chi connectivity index (χ2n) is 7.15. The molecule has 0 aromatic heterocycles. The molecule has 2 saturated heterocycles. The maximum atomic E-state index is 5.91. The summed E-state index contributed by atoms with van der Waals surface area (Å²) in [6.45, 7) is 11.1. The molecule has 26 heavy (non-hydrogen) atoms. The van der Waals surface area contributed by atoms with E-state index in [-0.39, 0.29) is 0 Å². The number of nitrogen functional groups attached to an aromatic ring is 1. The number of ether oxygens (including phenoxy) is 1. The van der Waals surface area contributed by atoms with Crippen LogP contribution in [0.2, 0.25) is 0 Å². The fourth-order valence-corrected chi connectivity index (χ4v) is 3.57. The van der Waals surface area contributed by atoms with E-state index in [1.54, 1.807) is 7.11 Å². The van der Waals surface area contributed by atoms with Crippen LogP contribution < -0.4 is 15.4 Å². The van der Waals surface area contributed by atoms with Crippen molar-refractivity contribution in [1.82, 2.24) is 9.80 Å². The van der Waals surface area contributed by atoms with Gasteiger partial charge in [0.25, 0.3) is 0 Å². The van der Waals surface area contributed by atoms with E-state index in [9.17, 15) is 0 Å². The highest BCUT2D eigenvalue weighted by Crippen LogP contribution is 2.30. The summed E-state index contributed by atoms with van der Waals surface area (Å²) in [5.41, 5.74) is 7.84. The molecule has 2 aliphatic rings. The van der Waals surface area contributed by atoms with Crippen LogP contribution in [0.4, 0.5) is 11.4 Å². The molecule has 0 aliphatic carbocycles. The zero-order valence-electron chi connectivity index (χ0n) is 16.9. The molecular formula is C21H36N4O. The predicted molar refractivity (Wildman–Crippen MR) is 112 cm³/mol. The summed E-state index contributed by atoms with van der Waals surface area (Å²) in [4.78, 5) is 7.56.